The lowest BCUT2D eigenvalue weighted by molar-refractivity contribution is 0.661. The summed E-state index contributed by atoms with van der Waals surface area (Å²) in [5, 5.41) is 9.64. The second kappa shape index (κ2) is 11.2. The molecular weight excluding hydrogens is 643 g/mol. The summed E-state index contributed by atoms with van der Waals surface area (Å²) in [5.41, 5.74) is 12.7. The molecule has 1 aromatic heterocycles. The van der Waals surface area contributed by atoms with Crippen LogP contribution in [0.4, 0.5) is 17.1 Å². The summed E-state index contributed by atoms with van der Waals surface area (Å²) in [6, 6.07) is 64.4. The van der Waals surface area contributed by atoms with E-state index in [-0.39, 0.29) is 5.41 Å². The third-order valence-electron chi connectivity index (χ3n) is 11.6. The Morgan fingerprint density at radius 1 is 0.434 bits per heavy atom. The van der Waals surface area contributed by atoms with Crippen molar-refractivity contribution in [3.63, 3.8) is 0 Å². The molecule has 0 aliphatic heterocycles. The normalized spacial score (nSPS) is 13.2. The average molecular weight is 678 g/mol. The molecular formula is C51H35NO. The Bertz CT molecular complexity index is 3110. The zero-order chi connectivity index (χ0) is 35.3. The molecule has 2 heteroatoms. The van der Waals surface area contributed by atoms with Crippen molar-refractivity contribution in [2.24, 2.45) is 0 Å². The molecule has 250 valence electrons. The van der Waals surface area contributed by atoms with Crippen molar-refractivity contribution < 1.29 is 4.42 Å². The fourth-order valence-corrected chi connectivity index (χ4v) is 9.01. The van der Waals surface area contributed by atoms with E-state index in [1.807, 2.05) is 6.07 Å². The van der Waals surface area contributed by atoms with Gasteiger partial charge in [0.15, 0.2) is 0 Å². The van der Waals surface area contributed by atoms with E-state index in [9.17, 15) is 0 Å². The quantitative estimate of drug-likeness (QED) is 0.184. The Labute approximate surface area is 308 Å². The first-order valence-corrected chi connectivity index (χ1v) is 18.4. The number of nitrogens with zero attached hydrogens (tertiary/aromatic N) is 1. The van der Waals surface area contributed by atoms with Crippen LogP contribution in [0.25, 0.3) is 76.5 Å². The van der Waals surface area contributed by atoms with Crippen molar-refractivity contribution >= 4 is 71.3 Å². The summed E-state index contributed by atoms with van der Waals surface area (Å²) in [7, 11) is 0. The monoisotopic (exact) mass is 677 g/mol. The smallest absolute Gasteiger partial charge is 0.137 e. The van der Waals surface area contributed by atoms with Gasteiger partial charge in [0.25, 0.3) is 0 Å². The summed E-state index contributed by atoms with van der Waals surface area (Å²) in [6.07, 6.45) is 0. The van der Waals surface area contributed by atoms with E-state index in [1.165, 1.54) is 65.7 Å². The molecule has 0 radical (unpaired) electrons. The van der Waals surface area contributed by atoms with Gasteiger partial charge in [0.1, 0.15) is 11.2 Å². The van der Waals surface area contributed by atoms with E-state index >= 15 is 0 Å². The van der Waals surface area contributed by atoms with Crippen LogP contribution in [0, 0.1) is 0 Å². The van der Waals surface area contributed by atoms with E-state index in [2.05, 4.69) is 189 Å². The Balaban J connectivity index is 1.24. The van der Waals surface area contributed by atoms with Crippen LogP contribution < -0.4 is 4.90 Å². The van der Waals surface area contributed by atoms with Crippen molar-refractivity contribution in [2.75, 3.05) is 4.90 Å². The molecule has 0 bridgehead atoms. The number of fused-ring (bicyclic) bond motifs is 9. The molecule has 0 saturated heterocycles. The molecule has 1 aliphatic carbocycles. The Hall–Kier alpha value is -6.64. The first-order chi connectivity index (χ1) is 26.0. The van der Waals surface area contributed by atoms with E-state index < -0.39 is 0 Å². The largest absolute Gasteiger partial charge is 0.456 e. The van der Waals surface area contributed by atoms with Gasteiger partial charge in [-0.15, -0.1) is 0 Å². The molecule has 10 aromatic rings. The predicted octanol–water partition coefficient (Wildman–Crippen LogP) is 14.5. The number of furan rings is 1. The van der Waals surface area contributed by atoms with Gasteiger partial charge in [0.05, 0.1) is 16.8 Å². The van der Waals surface area contributed by atoms with Gasteiger partial charge >= 0.3 is 0 Å². The zero-order valence-corrected chi connectivity index (χ0v) is 29.6. The van der Waals surface area contributed by atoms with E-state index in [4.69, 9.17) is 4.42 Å². The second-order valence-electron chi connectivity index (χ2n) is 14.9. The van der Waals surface area contributed by atoms with Crippen molar-refractivity contribution in [1.29, 1.82) is 0 Å². The lowest BCUT2D eigenvalue weighted by Crippen LogP contribution is -2.16. The Kier molecular flexibility index (Phi) is 6.33. The van der Waals surface area contributed by atoms with Crippen LogP contribution in [0.1, 0.15) is 25.0 Å². The van der Waals surface area contributed by atoms with Crippen molar-refractivity contribution in [1.82, 2.24) is 0 Å². The van der Waals surface area contributed by atoms with E-state index in [0.717, 1.165) is 39.0 Å². The Morgan fingerprint density at radius 2 is 1.08 bits per heavy atom. The van der Waals surface area contributed by atoms with Crippen LogP contribution >= 0.6 is 0 Å². The number of anilines is 3. The van der Waals surface area contributed by atoms with Crippen LogP contribution in [-0.4, -0.2) is 0 Å². The molecule has 11 rings (SSSR count). The number of hydrogen-bond donors (Lipinski definition) is 0. The minimum Gasteiger partial charge on any atom is -0.456 e. The summed E-state index contributed by atoms with van der Waals surface area (Å²) in [6.45, 7) is 4.73. The number of hydrogen-bond acceptors (Lipinski definition) is 2. The van der Waals surface area contributed by atoms with Gasteiger partial charge in [-0.3, -0.25) is 0 Å². The highest BCUT2D eigenvalue weighted by molar-refractivity contribution is 6.15. The van der Waals surface area contributed by atoms with Gasteiger partial charge in [-0.25, -0.2) is 0 Å². The van der Waals surface area contributed by atoms with Crippen LogP contribution in [0.2, 0.25) is 0 Å². The summed E-state index contributed by atoms with van der Waals surface area (Å²) < 4.78 is 6.51. The molecule has 53 heavy (non-hydrogen) atoms. The molecule has 0 amide bonds. The maximum atomic E-state index is 6.51. The van der Waals surface area contributed by atoms with Gasteiger partial charge in [0.2, 0.25) is 0 Å². The van der Waals surface area contributed by atoms with E-state index in [1.54, 1.807) is 0 Å². The highest BCUT2D eigenvalue weighted by Crippen LogP contribution is 2.53. The predicted molar refractivity (Wildman–Crippen MR) is 224 cm³/mol. The van der Waals surface area contributed by atoms with Gasteiger partial charge in [-0.2, -0.15) is 0 Å². The minimum absolute atomic E-state index is 0.127. The van der Waals surface area contributed by atoms with E-state index in [0.29, 0.717) is 0 Å². The van der Waals surface area contributed by atoms with Gasteiger partial charge in [-0.05, 0) is 115 Å². The molecule has 0 N–H and O–H groups in total. The fourth-order valence-electron chi connectivity index (χ4n) is 9.01. The zero-order valence-electron chi connectivity index (χ0n) is 29.6. The SMILES string of the molecule is CC1(C)c2ccc(N(c3ccc4ccccc4c3-c3ccc4ccccc4c3)c3cccc4oc5ccccc5c34)cc2-c2cc3ccccc3cc21. The number of para-hydroxylation sites is 1. The molecule has 0 unspecified atom stereocenters. The lowest BCUT2D eigenvalue weighted by atomic mass is 9.82. The lowest BCUT2D eigenvalue weighted by Gasteiger charge is -2.30. The molecule has 0 saturated carbocycles. The molecule has 1 heterocycles. The first-order valence-electron chi connectivity index (χ1n) is 18.4. The highest BCUT2D eigenvalue weighted by Gasteiger charge is 2.36. The van der Waals surface area contributed by atoms with Crippen LogP contribution in [0.15, 0.2) is 180 Å². The van der Waals surface area contributed by atoms with Gasteiger partial charge in [0, 0.05) is 22.1 Å². The number of rotatable bonds is 4. The standard InChI is InChI=1S/C51H35NO/c1-51(2)43-26-25-38(31-42(43)41-29-35-15-5-6-16-36(35)30-44(41)51)52(45-19-11-21-48-50(45)40-18-9-10-20-47(40)53-48)46-27-24-33-13-7-8-17-39(33)49(46)37-23-22-32-12-3-4-14-34(32)28-37/h3-31H,1-2H3. The molecule has 0 spiro atoms. The molecule has 1 aliphatic rings. The Morgan fingerprint density at radius 3 is 1.91 bits per heavy atom. The van der Waals surface area contributed by atoms with Gasteiger partial charge in [-0.1, -0.05) is 135 Å². The summed E-state index contributed by atoms with van der Waals surface area (Å²) >= 11 is 0. The topological polar surface area (TPSA) is 16.4 Å². The number of benzene rings is 9. The summed E-state index contributed by atoms with van der Waals surface area (Å²) in [5.74, 6) is 0. The molecule has 2 nitrogen and oxygen atoms in total. The van der Waals surface area contributed by atoms with Crippen LogP contribution in [0.3, 0.4) is 0 Å². The van der Waals surface area contributed by atoms with Crippen molar-refractivity contribution in [3.8, 4) is 22.3 Å². The summed E-state index contributed by atoms with van der Waals surface area (Å²) in [4.78, 5) is 2.48. The first kappa shape index (κ1) is 30.0. The average Bonchev–Trinajstić information content (AvgIpc) is 3.69. The third kappa shape index (κ3) is 4.45. The van der Waals surface area contributed by atoms with Gasteiger partial charge < -0.3 is 9.32 Å². The fraction of sp³-hybridized carbons (Fsp3) is 0.0588. The molecule has 9 aromatic carbocycles. The van der Waals surface area contributed by atoms with Crippen molar-refractivity contribution in [2.45, 2.75) is 19.3 Å². The third-order valence-corrected chi connectivity index (χ3v) is 11.6. The maximum absolute atomic E-state index is 6.51. The molecule has 0 fully saturated rings. The van der Waals surface area contributed by atoms with Crippen LogP contribution in [-0.2, 0) is 5.41 Å². The minimum atomic E-state index is -0.127. The van der Waals surface area contributed by atoms with Crippen LogP contribution in [0.5, 0.6) is 0 Å². The highest BCUT2D eigenvalue weighted by atomic mass is 16.3. The second-order valence-corrected chi connectivity index (χ2v) is 14.9. The van der Waals surface area contributed by atoms with Crippen molar-refractivity contribution in [3.05, 3.63) is 187 Å². The maximum Gasteiger partial charge on any atom is 0.137 e. The molecule has 0 atom stereocenters.